The summed E-state index contributed by atoms with van der Waals surface area (Å²) < 4.78 is 22.8. The van der Waals surface area contributed by atoms with Crippen molar-refractivity contribution in [1.82, 2.24) is 0 Å². The normalized spacial score (nSPS) is 28.4. The fourth-order valence-corrected chi connectivity index (χ4v) is 3.93. The summed E-state index contributed by atoms with van der Waals surface area (Å²) in [5, 5.41) is 10.3. The number of para-hydroxylation sites is 1. The van der Waals surface area contributed by atoms with Crippen molar-refractivity contribution in [3.8, 4) is 11.5 Å². The first-order valence-corrected chi connectivity index (χ1v) is 9.48. The maximum absolute atomic E-state index is 10.3. The van der Waals surface area contributed by atoms with Crippen LogP contribution in [0.5, 0.6) is 11.5 Å². The molecule has 1 N–H and O–H groups in total. The van der Waals surface area contributed by atoms with Gasteiger partial charge in [-0.3, -0.25) is 0 Å². The van der Waals surface area contributed by atoms with Gasteiger partial charge in [-0.2, -0.15) is 0 Å². The number of rotatable bonds is 6. The summed E-state index contributed by atoms with van der Waals surface area (Å²) in [4.78, 5) is 0. The number of phenols is 1. The van der Waals surface area contributed by atoms with Gasteiger partial charge in [0.25, 0.3) is 6.29 Å². The predicted molar refractivity (Wildman–Crippen MR) is 98.7 cm³/mol. The van der Waals surface area contributed by atoms with E-state index in [0.717, 1.165) is 6.42 Å². The van der Waals surface area contributed by atoms with Gasteiger partial charge in [0, 0.05) is 0 Å². The summed E-state index contributed by atoms with van der Waals surface area (Å²) in [6.07, 6.45) is 4.77. The third-order valence-corrected chi connectivity index (χ3v) is 5.49. The Bertz CT molecular complexity index is 639. The Morgan fingerprint density at radius 1 is 1.27 bits per heavy atom. The highest BCUT2D eigenvalue weighted by atomic mass is 16.7. The van der Waals surface area contributed by atoms with Crippen LogP contribution in [0, 0.1) is 17.8 Å². The number of benzene rings is 1. The molecule has 1 aromatic carbocycles. The second kappa shape index (κ2) is 8.21. The minimum Gasteiger partial charge on any atom is -0.504 e. The van der Waals surface area contributed by atoms with Crippen molar-refractivity contribution >= 4 is 0 Å². The van der Waals surface area contributed by atoms with Crippen LogP contribution in [0.4, 0.5) is 0 Å². The molecule has 4 unspecified atom stereocenters. The molecular weight excluding hydrogens is 332 g/mol. The topological polar surface area (TPSA) is 57.2 Å². The Kier molecular flexibility index (Phi) is 5.97. The Balaban J connectivity index is 1.58. The van der Waals surface area contributed by atoms with Crippen molar-refractivity contribution < 1.29 is 24.1 Å². The van der Waals surface area contributed by atoms with E-state index < -0.39 is 6.29 Å². The minimum absolute atomic E-state index is 0.0385. The van der Waals surface area contributed by atoms with Gasteiger partial charge in [0.2, 0.25) is 0 Å². The van der Waals surface area contributed by atoms with Crippen LogP contribution in [0.25, 0.3) is 0 Å². The molecule has 0 aromatic heterocycles. The number of ether oxygens (including phenoxy) is 4. The van der Waals surface area contributed by atoms with Gasteiger partial charge in [-0.05, 0) is 42.7 Å². The fourth-order valence-electron chi connectivity index (χ4n) is 3.93. The average molecular weight is 362 g/mol. The third-order valence-electron chi connectivity index (χ3n) is 5.49. The summed E-state index contributed by atoms with van der Waals surface area (Å²) in [6.45, 7) is 7.23. The second-order valence-electron chi connectivity index (χ2n) is 7.74. The molecule has 0 amide bonds. The summed E-state index contributed by atoms with van der Waals surface area (Å²) in [7, 11) is 1.52. The Morgan fingerprint density at radius 2 is 2.08 bits per heavy atom. The van der Waals surface area contributed by atoms with E-state index in [2.05, 4.69) is 20.8 Å². The van der Waals surface area contributed by atoms with Gasteiger partial charge < -0.3 is 24.1 Å². The first-order valence-electron chi connectivity index (χ1n) is 9.48. The Hall–Kier alpha value is -1.88. The standard InChI is InChI=1S/C21H30O5/c1-13(2)16-9-8-14(3)10-19(16)24-11-15-12-25-21(26-15)17-6-5-7-18(23-4)20(17)22/h5-7,12-14,16,19,21-22H,8-11H2,1-4H3. The largest absolute Gasteiger partial charge is 0.504 e. The van der Waals surface area contributed by atoms with Crippen LogP contribution in [0.2, 0.25) is 0 Å². The predicted octanol–water partition coefficient (Wildman–Crippen LogP) is 4.77. The molecule has 5 nitrogen and oxygen atoms in total. The SMILES string of the molecule is COc1cccc(C2OC=C(COC3CC(C)CCC3C(C)C)O2)c1O. The fraction of sp³-hybridized carbons (Fsp3) is 0.619. The smallest absolute Gasteiger partial charge is 0.270 e. The van der Waals surface area contributed by atoms with Gasteiger partial charge in [0.1, 0.15) is 12.9 Å². The van der Waals surface area contributed by atoms with Crippen LogP contribution in [0.3, 0.4) is 0 Å². The van der Waals surface area contributed by atoms with E-state index in [4.69, 9.17) is 18.9 Å². The molecule has 4 atom stereocenters. The molecule has 1 fully saturated rings. The number of phenolic OH excluding ortho intramolecular Hbond substituents is 1. The molecule has 26 heavy (non-hydrogen) atoms. The molecule has 1 aliphatic carbocycles. The van der Waals surface area contributed by atoms with Crippen LogP contribution in [0.15, 0.2) is 30.2 Å². The highest BCUT2D eigenvalue weighted by Gasteiger charge is 2.32. The molecule has 0 spiro atoms. The number of hydrogen-bond donors (Lipinski definition) is 1. The van der Waals surface area contributed by atoms with Crippen LogP contribution >= 0.6 is 0 Å². The molecule has 5 heteroatoms. The van der Waals surface area contributed by atoms with Crippen molar-refractivity contribution in [2.24, 2.45) is 17.8 Å². The average Bonchev–Trinajstić information content (AvgIpc) is 3.08. The molecule has 1 aliphatic heterocycles. The summed E-state index contributed by atoms with van der Waals surface area (Å²) in [5.74, 6) is 2.99. The monoisotopic (exact) mass is 362 g/mol. The lowest BCUT2D eigenvalue weighted by Gasteiger charge is -2.37. The highest BCUT2D eigenvalue weighted by molar-refractivity contribution is 5.46. The number of hydrogen-bond acceptors (Lipinski definition) is 5. The van der Waals surface area contributed by atoms with Crippen molar-refractivity contribution in [1.29, 1.82) is 0 Å². The zero-order chi connectivity index (χ0) is 18.7. The third kappa shape index (κ3) is 4.09. The molecule has 0 bridgehead atoms. The van der Waals surface area contributed by atoms with Gasteiger partial charge in [0.15, 0.2) is 17.3 Å². The van der Waals surface area contributed by atoms with Gasteiger partial charge in [0.05, 0.1) is 18.8 Å². The summed E-state index contributed by atoms with van der Waals surface area (Å²) in [6, 6.07) is 5.26. The van der Waals surface area contributed by atoms with Gasteiger partial charge in [-0.1, -0.05) is 33.3 Å². The van der Waals surface area contributed by atoms with E-state index >= 15 is 0 Å². The van der Waals surface area contributed by atoms with E-state index in [9.17, 15) is 5.11 Å². The Morgan fingerprint density at radius 3 is 2.81 bits per heavy atom. The number of aromatic hydroxyl groups is 1. The summed E-state index contributed by atoms with van der Waals surface area (Å²) >= 11 is 0. The summed E-state index contributed by atoms with van der Waals surface area (Å²) in [5.41, 5.74) is 0.543. The van der Waals surface area contributed by atoms with E-state index in [1.165, 1.54) is 20.0 Å². The van der Waals surface area contributed by atoms with Crippen molar-refractivity contribution in [2.45, 2.75) is 52.4 Å². The lowest BCUT2D eigenvalue weighted by Crippen LogP contribution is -2.34. The molecule has 3 rings (SSSR count). The molecule has 1 saturated carbocycles. The molecule has 144 valence electrons. The lowest BCUT2D eigenvalue weighted by molar-refractivity contribution is -0.0680. The lowest BCUT2D eigenvalue weighted by atomic mass is 9.75. The molecule has 0 saturated heterocycles. The quantitative estimate of drug-likeness (QED) is 0.790. The van der Waals surface area contributed by atoms with Crippen LogP contribution < -0.4 is 4.74 Å². The zero-order valence-electron chi connectivity index (χ0n) is 16.1. The second-order valence-corrected chi connectivity index (χ2v) is 7.74. The van der Waals surface area contributed by atoms with Gasteiger partial charge >= 0.3 is 0 Å². The van der Waals surface area contributed by atoms with E-state index in [-0.39, 0.29) is 11.9 Å². The van der Waals surface area contributed by atoms with Crippen molar-refractivity contribution in [2.75, 3.05) is 13.7 Å². The maximum Gasteiger partial charge on any atom is 0.270 e. The first-order chi connectivity index (χ1) is 12.5. The van der Waals surface area contributed by atoms with Crippen LogP contribution in [0.1, 0.15) is 51.9 Å². The van der Waals surface area contributed by atoms with Gasteiger partial charge in [-0.15, -0.1) is 0 Å². The van der Waals surface area contributed by atoms with Crippen LogP contribution in [-0.4, -0.2) is 24.9 Å². The molecule has 1 heterocycles. The Labute approximate surface area is 155 Å². The van der Waals surface area contributed by atoms with Crippen molar-refractivity contribution in [3.05, 3.63) is 35.8 Å². The first kappa shape index (κ1) is 18.9. The van der Waals surface area contributed by atoms with Gasteiger partial charge in [-0.25, -0.2) is 0 Å². The molecular formula is C21H30O5. The number of methoxy groups -OCH3 is 1. The molecule has 2 aliphatic rings. The molecule has 1 aromatic rings. The van der Waals surface area contributed by atoms with Crippen LogP contribution in [-0.2, 0) is 14.2 Å². The minimum atomic E-state index is -0.671. The van der Waals surface area contributed by atoms with E-state index in [1.54, 1.807) is 24.5 Å². The van der Waals surface area contributed by atoms with Crippen molar-refractivity contribution in [3.63, 3.8) is 0 Å². The molecule has 0 radical (unpaired) electrons. The van der Waals surface area contributed by atoms with E-state index in [1.807, 2.05) is 0 Å². The zero-order valence-corrected chi connectivity index (χ0v) is 16.1. The highest BCUT2D eigenvalue weighted by Crippen LogP contribution is 2.39. The maximum atomic E-state index is 10.3. The van der Waals surface area contributed by atoms with E-state index in [0.29, 0.717) is 41.4 Å².